The minimum atomic E-state index is -3.52. The van der Waals surface area contributed by atoms with Gasteiger partial charge >= 0.3 is 0 Å². The van der Waals surface area contributed by atoms with Gasteiger partial charge in [0.25, 0.3) is 0 Å². The summed E-state index contributed by atoms with van der Waals surface area (Å²) >= 11 is 0. The largest absolute Gasteiger partial charge is 0.314 e. The van der Waals surface area contributed by atoms with Crippen molar-refractivity contribution in [3.8, 4) is 6.07 Å². The predicted octanol–water partition coefficient (Wildman–Crippen LogP) is 1.24. The summed E-state index contributed by atoms with van der Waals surface area (Å²) in [7, 11) is -3.52. The van der Waals surface area contributed by atoms with E-state index in [1.54, 1.807) is 23.4 Å². The standard InChI is InChI=1S/C14H19N3O2S/c1-10-6-14(5-4-13(10)7-15)20(18,19)17-11(2)8-16-9-12(17)3/h4-6,11-12,16H,8-9H2,1-3H3. The third-order valence-electron chi connectivity index (χ3n) is 3.64. The molecule has 0 radical (unpaired) electrons. The highest BCUT2D eigenvalue weighted by Crippen LogP contribution is 2.24. The average molecular weight is 293 g/mol. The van der Waals surface area contributed by atoms with Crippen molar-refractivity contribution >= 4 is 10.0 Å². The fourth-order valence-corrected chi connectivity index (χ4v) is 4.54. The van der Waals surface area contributed by atoms with E-state index < -0.39 is 10.0 Å². The van der Waals surface area contributed by atoms with Crippen molar-refractivity contribution < 1.29 is 8.42 Å². The Hall–Kier alpha value is -1.42. The Morgan fingerprint density at radius 3 is 2.40 bits per heavy atom. The van der Waals surface area contributed by atoms with Gasteiger partial charge in [-0.15, -0.1) is 0 Å². The molecule has 0 bridgehead atoms. The summed E-state index contributed by atoms with van der Waals surface area (Å²) in [6, 6.07) is 6.55. The highest BCUT2D eigenvalue weighted by atomic mass is 32.2. The van der Waals surface area contributed by atoms with Crippen LogP contribution in [0.15, 0.2) is 23.1 Å². The lowest BCUT2D eigenvalue weighted by Crippen LogP contribution is -2.57. The molecule has 5 nitrogen and oxygen atoms in total. The van der Waals surface area contributed by atoms with Crippen molar-refractivity contribution in [2.45, 2.75) is 37.8 Å². The van der Waals surface area contributed by atoms with Gasteiger partial charge in [-0.2, -0.15) is 9.57 Å². The maximum Gasteiger partial charge on any atom is 0.243 e. The first kappa shape index (κ1) is 15.0. The normalized spacial score (nSPS) is 24.3. The molecule has 20 heavy (non-hydrogen) atoms. The van der Waals surface area contributed by atoms with E-state index in [9.17, 15) is 8.42 Å². The summed E-state index contributed by atoms with van der Waals surface area (Å²) < 4.78 is 27.1. The fourth-order valence-electron chi connectivity index (χ4n) is 2.63. The van der Waals surface area contributed by atoms with Crippen LogP contribution in [0, 0.1) is 18.3 Å². The fraction of sp³-hybridized carbons (Fsp3) is 0.500. The molecule has 0 aliphatic carbocycles. The number of sulfonamides is 1. The first-order valence-electron chi connectivity index (χ1n) is 6.63. The van der Waals surface area contributed by atoms with Crippen LogP contribution in [0.4, 0.5) is 0 Å². The molecule has 1 aromatic carbocycles. The molecule has 0 aromatic heterocycles. The number of nitriles is 1. The minimum Gasteiger partial charge on any atom is -0.314 e. The Bertz CT molecular complexity index is 639. The molecule has 6 heteroatoms. The van der Waals surface area contributed by atoms with E-state index in [-0.39, 0.29) is 17.0 Å². The molecule has 0 spiro atoms. The Morgan fingerprint density at radius 1 is 1.30 bits per heavy atom. The maximum absolute atomic E-state index is 12.8. The molecule has 1 fully saturated rings. The maximum atomic E-state index is 12.8. The van der Waals surface area contributed by atoms with Crippen LogP contribution in [-0.4, -0.2) is 37.9 Å². The van der Waals surface area contributed by atoms with Crippen molar-refractivity contribution in [1.29, 1.82) is 5.26 Å². The van der Waals surface area contributed by atoms with Crippen LogP contribution < -0.4 is 5.32 Å². The summed E-state index contributed by atoms with van der Waals surface area (Å²) in [4.78, 5) is 0.259. The van der Waals surface area contributed by atoms with Crippen LogP contribution in [0.3, 0.4) is 0 Å². The summed E-state index contributed by atoms with van der Waals surface area (Å²) in [6.07, 6.45) is 0. The van der Waals surface area contributed by atoms with Gasteiger partial charge in [-0.3, -0.25) is 0 Å². The van der Waals surface area contributed by atoms with Crippen molar-refractivity contribution in [3.05, 3.63) is 29.3 Å². The van der Waals surface area contributed by atoms with E-state index in [1.807, 2.05) is 13.8 Å². The molecule has 1 aromatic rings. The van der Waals surface area contributed by atoms with Crippen molar-refractivity contribution in [2.24, 2.45) is 0 Å². The Morgan fingerprint density at radius 2 is 1.90 bits per heavy atom. The molecule has 2 atom stereocenters. The molecule has 2 unspecified atom stereocenters. The smallest absolute Gasteiger partial charge is 0.243 e. The van der Waals surface area contributed by atoms with Crippen molar-refractivity contribution in [1.82, 2.24) is 9.62 Å². The first-order valence-corrected chi connectivity index (χ1v) is 8.07. The van der Waals surface area contributed by atoms with Gasteiger partial charge in [-0.1, -0.05) is 0 Å². The lowest BCUT2D eigenvalue weighted by atomic mass is 10.1. The van der Waals surface area contributed by atoms with Gasteiger partial charge in [0.1, 0.15) is 0 Å². The first-order chi connectivity index (χ1) is 9.37. The zero-order valence-corrected chi connectivity index (χ0v) is 12.7. The molecule has 1 N–H and O–H groups in total. The van der Waals surface area contributed by atoms with E-state index in [2.05, 4.69) is 11.4 Å². The van der Waals surface area contributed by atoms with E-state index in [4.69, 9.17) is 5.26 Å². The second-order valence-electron chi connectivity index (χ2n) is 5.28. The van der Waals surface area contributed by atoms with Gasteiger partial charge in [-0.05, 0) is 44.5 Å². The highest BCUT2D eigenvalue weighted by Gasteiger charge is 2.35. The molecule has 1 aliphatic rings. The predicted molar refractivity (Wildman–Crippen MR) is 76.7 cm³/mol. The molecular formula is C14H19N3O2S. The van der Waals surface area contributed by atoms with Crippen LogP contribution in [-0.2, 0) is 10.0 Å². The number of benzene rings is 1. The number of nitrogens with one attached hydrogen (secondary N) is 1. The zero-order valence-electron chi connectivity index (χ0n) is 11.9. The van der Waals surface area contributed by atoms with E-state index >= 15 is 0 Å². The van der Waals surface area contributed by atoms with Crippen LogP contribution in [0.5, 0.6) is 0 Å². The van der Waals surface area contributed by atoms with Crippen molar-refractivity contribution in [3.63, 3.8) is 0 Å². The van der Waals surface area contributed by atoms with E-state index in [0.29, 0.717) is 24.2 Å². The van der Waals surface area contributed by atoms with Crippen molar-refractivity contribution in [2.75, 3.05) is 13.1 Å². The molecule has 2 rings (SSSR count). The van der Waals surface area contributed by atoms with Gasteiger partial charge in [0.15, 0.2) is 0 Å². The number of rotatable bonds is 2. The molecule has 108 valence electrons. The average Bonchev–Trinajstić information content (AvgIpc) is 2.38. The molecule has 1 aliphatic heterocycles. The Kier molecular flexibility index (Phi) is 4.14. The third kappa shape index (κ3) is 2.57. The molecule has 0 amide bonds. The van der Waals surface area contributed by atoms with Gasteiger partial charge in [0.2, 0.25) is 10.0 Å². The van der Waals surface area contributed by atoms with Crippen LogP contribution in [0.1, 0.15) is 25.0 Å². The highest BCUT2D eigenvalue weighted by molar-refractivity contribution is 7.89. The molecule has 0 saturated carbocycles. The Balaban J connectivity index is 2.44. The number of piperazine rings is 1. The third-order valence-corrected chi connectivity index (χ3v) is 5.77. The van der Waals surface area contributed by atoms with E-state index in [1.165, 1.54) is 6.07 Å². The lowest BCUT2D eigenvalue weighted by Gasteiger charge is -2.38. The van der Waals surface area contributed by atoms with Gasteiger partial charge in [0.05, 0.1) is 16.5 Å². The van der Waals surface area contributed by atoms with Gasteiger partial charge in [0, 0.05) is 25.2 Å². The Labute approximate surface area is 120 Å². The number of nitrogens with zero attached hydrogens (tertiary/aromatic N) is 2. The van der Waals surface area contributed by atoms with Crippen LogP contribution >= 0.6 is 0 Å². The SMILES string of the molecule is Cc1cc(S(=O)(=O)N2C(C)CNCC2C)ccc1C#N. The van der Waals surface area contributed by atoms with Gasteiger partial charge < -0.3 is 5.32 Å². The summed E-state index contributed by atoms with van der Waals surface area (Å²) in [5.41, 5.74) is 1.19. The molecule has 1 heterocycles. The molecule has 1 saturated heterocycles. The summed E-state index contributed by atoms with van der Waals surface area (Å²) in [6.45, 7) is 6.85. The van der Waals surface area contributed by atoms with Crippen LogP contribution in [0.2, 0.25) is 0 Å². The minimum absolute atomic E-state index is 0.0836. The molecular weight excluding hydrogens is 274 g/mol. The summed E-state index contributed by atoms with van der Waals surface area (Å²) in [5.74, 6) is 0. The van der Waals surface area contributed by atoms with Gasteiger partial charge in [-0.25, -0.2) is 8.42 Å². The second-order valence-corrected chi connectivity index (χ2v) is 7.12. The lowest BCUT2D eigenvalue weighted by molar-refractivity contribution is 0.220. The topological polar surface area (TPSA) is 73.2 Å². The number of hydrogen-bond acceptors (Lipinski definition) is 4. The number of aryl methyl sites for hydroxylation is 1. The quantitative estimate of drug-likeness (QED) is 0.890. The second kappa shape index (κ2) is 5.52. The monoisotopic (exact) mass is 293 g/mol. The van der Waals surface area contributed by atoms with E-state index in [0.717, 1.165) is 0 Å². The number of hydrogen-bond donors (Lipinski definition) is 1. The summed E-state index contributed by atoms with van der Waals surface area (Å²) in [5, 5.41) is 12.1. The zero-order chi connectivity index (χ0) is 14.9. The van der Waals surface area contributed by atoms with Crippen LogP contribution in [0.25, 0.3) is 0 Å².